The first-order valence-electron chi connectivity index (χ1n) is 4.15. The second-order valence-corrected chi connectivity index (χ2v) is 5.61. The maximum absolute atomic E-state index is 11.8. The number of hydrogen-bond donors (Lipinski definition) is 0. The van der Waals surface area contributed by atoms with E-state index in [2.05, 4.69) is 0 Å². The van der Waals surface area contributed by atoms with Crippen LogP contribution in [0.3, 0.4) is 0 Å². The molecule has 0 fully saturated rings. The fourth-order valence-corrected chi connectivity index (χ4v) is 2.42. The Morgan fingerprint density at radius 1 is 1.33 bits per heavy atom. The first kappa shape index (κ1) is 12.3. The van der Waals surface area contributed by atoms with Crippen LogP contribution in [0.1, 0.15) is 0 Å². The lowest BCUT2D eigenvalue weighted by Crippen LogP contribution is -2.22. The van der Waals surface area contributed by atoms with E-state index < -0.39 is 10.0 Å². The predicted molar refractivity (Wildman–Crippen MR) is 58.9 cm³/mol. The van der Waals surface area contributed by atoms with Gasteiger partial charge in [0.1, 0.15) is 10.6 Å². The third kappa shape index (κ3) is 2.42. The van der Waals surface area contributed by atoms with Crippen LogP contribution in [0.5, 0.6) is 5.75 Å². The van der Waals surface area contributed by atoms with Gasteiger partial charge in [0, 0.05) is 20.2 Å². The molecule has 1 rings (SSSR count). The van der Waals surface area contributed by atoms with Crippen LogP contribution < -0.4 is 4.74 Å². The Labute approximate surface area is 94.5 Å². The SMILES string of the molecule is COc1ccc(S(=O)(=O)N(C)C)c(Cl)c1. The molecule has 0 bridgehead atoms. The number of benzene rings is 1. The quantitative estimate of drug-likeness (QED) is 0.818. The third-order valence-corrected chi connectivity index (χ3v) is 4.20. The number of hydrogen-bond acceptors (Lipinski definition) is 3. The summed E-state index contributed by atoms with van der Waals surface area (Å²) in [6, 6.07) is 4.46. The smallest absolute Gasteiger partial charge is 0.244 e. The highest BCUT2D eigenvalue weighted by atomic mass is 35.5. The number of sulfonamides is 1. The predicted octanol–water partition coefficient (Wildman–Crippen LogP) is 1.60. The monoisotopic (exact) mass is 249 g/mol. The van der Waals surface area contributed by atoms with E-state index in [4.69, 9.17) is 16.3 Å². The van der Waals surface area contributed by atoms with E-state index in [0.717, 1.165) is 4.31 Å². The lowest BCUT2D eigenvalue weighted by Gasteiger charge is -2.13. The molecule has 0 saturated carbocycles. The van der Waals surface area contributed by atoms with Gasteiger partial charge in [0.2, 0.25) is 10.0 Å². The summed E-state index contributed by atoms with van der Waals surface area (Å²) in [4.78, 5) is 0.0787. The van der Waals surface area contributed by atoms with E-state index >= 15 is 0 Å². The lowest BCUT2D eigenvalue weighted by molar-refractivity contribution is 0.414. The number of ether oxygens (including phenoxy) is 1. The summed E-state index contributed by atoms with van der Waals surface area (Å²) < 4.78 is 29.5. The van der Waals surface area contributed by atoms with Crippen LogP contribution in [0.4, 0.5) is 0 Å². The van der Waals surface area contributed by atoms with Gasteiger partial charge in [-0.2, -0.15) is 0 Å². The molecule has 0 N–H and O–H groups in total. The van der Waals surface area contributed by atoms with Gasteiger partial charge in [0.15, 0.2) is 0 Å². The molecule has 0 heterocycles. The summed E-state index contributed by atoms with van der Waals surface area (Å²) in [5, 5.41) is 0.156. The van der Waals surface area contributed by atoms with Crippen molar-refractivity contribution >= 4 is 21.6 Å². The average Bonchev–Trinajstić information content (AvgIpc) is 2.16. The van der Waals surface area contributed by atoms with E-state index in [1.807, 2.05) is 0 Å². The molecule has 0 radical (unpaired) electrons. The zero-order valence-electron chi connectivity index (χ0n) is 8.69. The Kier molecular flexibility index (Phi) is 3.59. The summed E-state index contributed by atoms with van der Waals surface area (Å²) in [6.07, 6.45) is 0. The fraction of sp³-hybridized carbons (Fsp3) is 0.333. The van der Waals surface area contributed by atoms with Crippen LogP contribution in [0, 0.1) is 0 Å². The van der Waals surface area contributed by atoms with Gasteiger partial charge >= 0.3 is 0 Å². The van der Waals surface area contributed by atoms with Crippen LogP contribution in [0.15, 0.2) is 23.1 Å². The Hall–Kier alpha value is -0.780. The van der Waals surface area contributed by atoms with Crippen molar-refractivity contribution in [3.63, 3.8) is 0 Å². The van der Waals surface area contributed by atoms with E-state index in [1.165, 1.54) is 33.3 Å². The zero-order valence-corrected chi connectivity index (χ0v) is 10.3. The highest BCUT2D eigenvalue weighted by Crippen LogP contribution is 2.27. The standard InChI is InChI=1S/C9H12ClNO3S/c1-11(2)15(12,13)9-5-4-7(14-3)6-8(9)10/h4-6H,1-3H3. The second-order valence-electron chi connectivity index (χ2n) is 3.08. The zero-order chi connectivity index (χ0) is 11.6. The molecule has 0 spiro atoms. The molecule has 0 saturated heterocycles. The van der Waals surface area contributed by atoms with Gasteiger partial charge in [-0.15, -0.1) is 0 Å². The molecular formula is C9H12ClNO3S. The Morgan fingerprint density at radius 2 is 1.93 bits per heavy atom. The molecule has 0 aliphatic heterocycles. The molecule has 0 aliphatic carbocycles. The van der Waals surface area contributed by atoms with Crippen molar-refractivity contribution in [3.8, 4) is 5.75 Å². The first-order valence-corrected chi connectivity index (χ1v) is 5.97. The van der Waals surface area contributed by atoms with Crippen LogP contribution >= 0.6 is 11.6 Å². The fourth-order valence-electron chi connectivity index (χ4n) is 1.01. The summed E-state index contributed by atoms with van der Waals surface area (Å²) >= 11 is 5.85. The summed E-state index contributed by atoms with van der Waals surface area (Å²) in [7, 11) is 0.914. The van der Waals surface area contributed by atoms with Gasteiger partial charge in [0.05, 0.1) is 12.1 Å². The maximum atomic E-state index is 11.8. The molecule has 0 amide bonds. The van der Waals surface area contributed by atoms with Crippen molar-refractivity contribution in [1.82, 2.24) is 4.31 Å². The molecule has 1 aromatic carbocycles. The van der Waals surface area contributed by atoms with Crippen molar-refractivity contribution in [2.24, 2.45) is 0 Å². The van der Waals surface area contributed by atoms with Crippen molar-refractivity contribution in [1.29, 1.82) is 0 Å². The van der Waals surface area contributed by atoms with Crippen molar-refractivity contribution in [2.75, 3.05) is 21.2 Å². The first-order chi connectivity index (χ1) is 6.89. The largest absolute Gasteiger partial charge is 0.497 e. The molecule has 0 aromatic heterocycles. The molecule has 6 heteroatoms. The number of nitrogens with zero attached hydrogens (tertiary/aromatic N) is 1. The van der Waals surface area contributed by atoms with Gasteiger partial charge in [-0.3, -0.25) is 0 Å². The Bertz CT molecular complexity index is 456. The van der Waals surface area contributed by atoms with Crippen molar-refractivity contribution in [3.05, 3.63) is 23.2 Å². The van der Waals surface area contributed by atoms with Gasteiger partial charge in [-0.05, 0) is 12.1 Å². The number of halogens is 1. The van der Waals surface area contributed by atoms with Crippen molar-refractivity contribution < 1.29 is 13.2 Å². The van der Waals surface area contributed by atoms with Crippen LogP contribution in [0.2, 0.25) is 5.02 Å². The van der Waals surface area contributed by atoms with E-state index in [1.54, 1.807) is 6.07 Å². The van der Waals surface area contributed by atoms with Gasteiger partial charge < -0.3 is 4.74 Å². The number of methoxy groups -OCH3 is 1. The summed E-state index contributed by atoms with van der Waals surface area (Å²) in [5.74, 6) is 0.526. The maximum Gasteiger partial charge on any atom is 0.244 e. The normalized spacial score (nSPS) is 11.8. The molecule has 15 heavy (non-hydrogen) atoms. The van der Waals surface area contributed by atoms with Gasteiger partial charge in [-0.1, -0.05) is 11.6 Å². The molecule has 0 atom stereocenters. The Balaban J connectivity index is 3.29. The number of rotatable bonds is 3. The highest BCUT2D eigenvalue weighted by Gasteiger charge is 2.20. The molecule has 0 unspecified atom stereocenters. The second kappa shape index (κ2) is 4.38. The Morgan fingerprint density at radius 3 is 2.33 bits per heavy atom. The van der Waals surface area contributed by atoms with Crippen molar-refractivity contribution in [2.45, 2.75) is 4.90 Å². The average molecular weight is 250 g/mol. The third-order valence-electron chi connectivity index (χ3n) is 1.90. The van der Waals surface area contributed by atoms with Gasteiger partial charge in [-0.25, -0.2) is 12.7 Å². The molecule has 0 aliphatic rings. The summed E-state index contributed by atoms with van der Waals surface area (Å²) in [6.45, 7) is 0. The minimum Gasteiger partial charge on any atom is -0.497 e. The lowest BCUT2D eigenvalue weighted by atomic mass is 10.3. The minimum atomic E-state index is -3.49. The van der Waals surface area contributed by atoms with E-state index in [-0.39, 0.29) is 9.92 Å². The van der Waals surface area contributed by atoms with Gasteiger partial charge in [0.25, 0.3) is 0 Å². The highest BCUT2D eigenvalue weighted by molar-refractivity contribution is 7.89. The van der Waals surface area contributed by atoms with Crippen LogP contribution in [0.25, 0.3) is 0 Å². The minimum absolute atomic E-state index is 0.0787. The molecule has 4 nitrogen and oxygen atoms in total. The van der Waals surface area contributed by atoms with E-state index in [0.29, 0.717) is 5.75 Å². The molecule has 1 aromatic rings. The van der Waals surface area contributed by atoms with E-state index in [9.17, 15) is 8.42 Å². The molecular weight excluding hydrogens is 238 g/mol. The molecule has 84 valence electrons. The summed E-state index contributed by atoms with van der Waals surface area (Å²) in [5.41, 5.74) is 0. The topological polar surface area (TPSA) is 46.6 Å². The van der Waals surface area contributed by atoms with Crippen LogP contribution in [-0.4, -0.2) is 33.9 Å². The van der Waals surface area contributed by atoms with Crippen LogP contribution in [-0.2, 0) is 10.0 Å².